The molecule has 0 unspecified atom stereocenters. The number of nitrogens with two attached hydrogens (primary N) is 1. The van der Waals surface area contributed by atoms with E-state index in [0.717, 1.165) is 15.4 Å². The molecule has 1 aromatic heterocycles. The maximum Gasteiger partial charge on any atom is 0.416 e. The number of hydrogen-bond donors (Lipinski definition) is 1. The van der Waals surface area contributed by atoms with Gasteiger partial charge in [0.25, 0.3) is 5.69 Å². The van der Waals surface area contributed by atoms with Gasteiger partial charge in [-0.2, -0.15) is 17.9 Å². The Hall–Kier alpha value is -3.41. The fourth-order valence-corrected chi connectivity index (χ4v) is 2.74. The molecule has 0 amide bonds. The molecule has 12 heteroatoms. The smallest absolute Gasteiger partial charge is 0.416 e. The molecule has 28 heavy (non-hydrogen) atoms. The number of nitrogens with zero attached hydrogens (tertiary/aromatic N) is 4. The van der Waals surface area contributed by atoms with Gasteiger partial charge in [-0.25, -0.2) is 4.68 Å². The van der Waals surface area contributed by atoms with E-state index in [4.69, 9.17) is 22.8 Å². The van der Waals surface area contributed by atoms with Crippen LogP contribution in [0.3, 0.4) is 0 Å². The van der Waals surface area contributed by atoms with Gasteiger partial charge in [-0.1, -0.05) is 12.1 Å². The van der Waals surface area contributed by atoms with Crippen LogP contribution in [0, 0.1) is 14.9 Å². The van der Waals surface area contributed by atoms with Crippen molar-refractivity contribution in [3.8, 4) is 22.8 Å². The predicted molar refractivity (Wildman–Crippen MR) is 96.2 cm³/mol. The Bertz CT molecular complexity index is 1120. The van der Waals surface area contributed by atoms with E-state index in [0.29, 0.717) is 23.4 Å². The molecule has 0 spiro atoms. The topological polar surface area (TPSA) is 101 Å². The van der Waals surface area contributed by atoms with Crippen molar-refractivity contribution >= 4 is 17.9 Å². The average Bonchev–Trinajstić information content (AvgIpc) is 2.95. The van der Waals surface area contributed by atoms with E-state index in [1.807, 2.05) is 0 Å². The Balaban J connectivity index is 2.20. The number of rotatable bonds is 4. The summed E-state index contributed by atoms with van der Waals surface area (Å²) in [5, 5.41) is 15.5. The minimum absolute atomic E-state index is 0.138. The van der Waals surface area contributed by atoms with E-state index < -0.39 is 22.4 Å². The summed E-state index contributed by atoms with van der Waals surface area (Å²) >= 11 is 5.17. The molecule has 0 radical (unpaired) electrons. The van der Waals surface area contributed by atoms with Crippen molar-refractivity contribution in [3.63, 3.8) is 0 Å². The summed E-state index contributed by atoms with van der Waals surface area (Å²) in [5.41, 5.74) is -1.70. The van der Waals surface area contributed by atoms with Crippen LogP contribution in [0.2, 0.25) is 0 Å². The quantitative estimate of drug-likeness (QED) is 0.304. The lowest BCUT2D eigenvalue weighted by molar-refractivity contribution is -0.384. The van der Waals surface area contributed by atoms with Crippen LogP contribution in [0.4, 0.5) is 18.9 Å². The highest BCUT2D eigenvalue weighted by atomic mass is 32.1. The third-order valence-electron chi connectivity index (χ3n) is 3.87. The van der Waals surface area contributed by atoms with Gasteiger partial charge in [-0.15, -0.1) is 5.10 Å². The second-order valence-corrected chi connectivity index (χ2v) is 5.94. The molecule has 3 rings (SSSR count). The molecule has 0 aliphatic rings. The third-order valence-corrected chi connectivity index (χ3v) is 4.24. The maximum atomic E-state index is 12.9. The number of aromatic nitrogens is 3. The molecule has 0 atom stereocenters. The van der Waals surface area contributed by atoms with Crippen molar-refractivity contribution in [2.75, 3.05) is 13.0 Å². The van der Waals surface area contributed by atoms with E-state index in [-0.39, 0.29) is 16.3 Å². The second-order valence-electron chi connectivity index (χ2n) is 5.58. The summed E-state index contributed by atoms with van der Waals surface area (Å²) in [6.45, 7) is 0. The van der Waals surface area contributed by atoms with Crippen LogP contribution < -0.4 is 10.6 Å². The molecule has 8 nitrogen and oxygen atoms in total. The molecule has 0 fully saturated rings. The first kappa shape index (κ1) is 19.4. The Morgan fingerprint density at radius 1 is 1.25 bits per heavy atom. The number of nitro benzene ring substituents is 1. The van der Waals surface area contributed by atoms with Crippen molar-refractivity contribution in [1.29, 1.82) is 0 Å². The van der Waals surface area contributed by atoms with Crippen molar-refractivity contribution in [1.82, 2.24) is 14.5 Å². The van der Waals surface area contributed by atoms with Crippen LogP contribution in [0.25, 0.3) is 17.1 Å². The minimum atomic E-state index is -4.73. The number of methoxy groups -OCH3 is 1. The Morgan fingerprint density at radius 3 is 2.57 bits per heavy atom. The zero-order valence-corrected chi connectivity index (χ0v) is 15.0. The van der Waals surface area contributed by atoms with Gasteiger partial charge in [0.05, 0.1) is 17.6 Å². The molecule has 3 aromatic rings. The normalized spacial score (nSPS) is 11.4. The Labute approximate surface area is 160 Å². The summed E-state index contributed by atoms with van der Waals surface area (Å²) < 4.78 is 45.7. The molecule has 0 bridgehead atoms. The first-order chi connectivity index (χ1) is 13.1. The van der Waals surface area contributed by atoms with Gasteiger partial charge in [-0.3, -0.25) is 10.1 Å². The highest BCUT2D eigenvalue weighted by molar-refractivity contribution is 7.71. The number of alkyl halides is 3. The van der Waals surface area contributed by atoms with Crippen molar-refractivity contribution in [2.24, 2.45) is 0 Å². The zero-order chi connectivity index (χ0) is 20.6. The summed E-state index contributed by atoms with van der Waals surface area (Å²) in [5.74, 6) is 6.59. The fourth-order valence-electron chi connectivity index (χ4n) is 2.52. The Kier molecular flexibility index (Phi) is 4.81. The summed E-state index contributed by atoms with van der Waals surface area (Å²) in [6, 6.07) is 8.72. The van der Waals surface area contributed by atoms with Gasteiger partial charge in [0.2, 0.25) is 4.77 Å². The summed E-state index contributed by atoms with van der Waals surface area (Å²) in [7, 11) is 1.47. The number of nitro groups is 1. The maximum absolute atomic E-state index is 12.9. The predicted octanol–water partition coefficient (Wildman–Crippen LogP) is 3.72. The number of hydrogen-bond acceptors (Lipinski definition) is 6. The Morgan fingerprint density at radius 2 is 1.96 bits per heavy atom. The van der Waals surface area contributed by atoms with E-state index in [9.17, 15) is 23.3 Å². The second kappa shape index (κ2) is 6.96. The first-order valence-electron chi connectivity index (χ1n) is 7.61. The van der Waals surface area contributed by atoms with Gasteiger partial charge >= 0.3 is 6.18 Å². The lowest BCUT2D eigenvalue weighted by Crippen LogP contribution is -2.11. The largest absolute Gasteiger partial charge is 0.497 e. The fraction of sp³-hybridized carbons (Fsp3) is 0.125. The molecule has 0 saturated carbocycles. The molecular weight excluding hydrogens is 399 g/mol. The minimum Gasteiger partial charge on any atom is -0.497 e. The highest BCUT2D eigenvalue weighted by Gasteiger charge is 2.33. The monoisotopic (exact) mass is 411 g/mol. The molecule has 0 aliphatic heterocycles. The average molecular weight is 411 g/mol. The van der Waals surface area contributed by atoms with E-state index in [2.05, 4.69) is 5.10 Å². The SMILES string of the molecule is COc1cccc(-c2nn(-c3ccc(C(F)(F)F)cc3[N+](=O)[O-])c(=S)n2N)c1. The molecule has 2 aromatic carbocycles. The van der Waals surface area contributed by atoms with Gasteiger partial charge in [-0.05, 0) is 36.5 Å². The lowest BCUT2D eigenvalue weighted by Gasteiger charge is -2.08. The van der Waals surface area contributed by atoms with E-state index in [1.165, 1.54) is 7.11 Å². The number of nitrogen functional groups attached to an aromatic ring is 1. The summed E-state index contributed by atoms with van der Waals surface area (Å²) in [6.07, 6.45) is -4.73. The molecule has 1 heterocycles. The third kappa shape index (κ3) is 3.41. The standard InChI is InChI=1S/C16H12F3N5O3S/c1-27-11-4-2-3-9(7-11)14-21-23(15(28)22(14)20)12-6-5-10(16(17,18)19)8-13(12)24(25)26/h2-8H,20H2,1H3. The molecule has 0 aliphatic carbocycles. The van der Waals surface area contributed by atoms with Crippen molar-refractivity contribution in [3.05, 3.63) is 62.9 Å². The van der Waals surface area contributed by atoms with Crippen LogP contribution >= 0.6 is 12.2 Å². The highest BCUT2D eigenvalue weighted by Crippen LogP contribution is 2.34. The molecule has 2 N–H and O–H groups in total. The number of ether oxygens (including phenoxy) is 1. The molecule has 146 valence electrons. The summed E-state index contributed by atoms with van der Waals surface area (Å²) in [4.78, 5) is 10.4. The van der Waals surface area contributed by atoms with Crippen LogP contribution in [0.1, 0.15) is 5.56 Å². The van der Waals surface area contributed by atoms with E-state index in [1.54, 1.807) is 24.3 Å². The van der Waals surface area contributed by atoms with E-state index >= 15 is 0 Å². The molecular formula is C16H12F3N5O3S. The van der Waals surface area contributed by atoms with Crippen molar-refractivity contribution < 1.29 is 22.8 Å². The van der Waals surface area contributed by atoms with Gasteiger partial charge in [0.1, 0.15) is 11.4 Å². The van der Waals surface area contributed by atoms with Crippen LogP contribution in [0.15, 0.2) is 42.5 Å². The van der Waals surface area contributed by atoms with Crippen molar-refractivity contribution in [2.45, 2.75) is 6.18 Å². The van der Waals surface area contributed by atoms with Crippen LogP contribution in [0.5, 0.6) is 5.75 Å². The zero-order valence-electron chi connectivity index (χ0n) is 14.2. The lowest BCUT2D eigenvalue weighted by atomic mass is 10.1. The van der Waals surface area contributed by atoms with Gasteiger partial charge in [0, 0.05) is 11.6 Å². The molecule has 0 saturated heterocycles. The van der Waals surface area contributed by atoms with Crippen LogP contribution in [-0.2, 0) is 6.18 Å². The number of halogens is 3. The van der Waals surface area contributed by atoms with Gasteiger partial charge in [0.15, 0.2) is 5.82 Å². The van der Waals surface area contributed by atoms with Gasteiger partial charge < -0.3 is 10.6 Å². The number of benzene rings is 2. The van der Waals surface area contributed by atoms with Crippen LogP contribution in [-0.4, -0.2) is 26.5 Å². The first-order valence-corrected chi connectivity index (χ1v) is 8.02.